The van der Waals surface area contributed by atoms with Crippen molar-refractivity contribution in [3.05, 3.63) is 62.5 Å². The van der Waals surface area contributed by atoms with E-state index in [-0.39, 0.29) is 17.9 Å². The lowest BCUT2D eigenvalue weighted by Crippen LogP contribution is -2.24. The summed E-state index contributed by atoms with van der Waals surface area (Å²) in [7, 11) is 0. The van der Waals surface area contributed by atoms with Gasteiger partial charge in [0.25, 0.3) is 11.6 Å². The summed E-state index contributed by atoms with van der Waals surface area (Å²) in [5, 5.41) is 28.8. The second-order valence-corrected chi connectivity index (χ2v) is 4.69. The van der Waals surface area contributed by atoms with Crippen LogP contribution in [0, 0.1) is 20.2 Å². The number of hydrazone groups is 1. The molecule has 0 fully saturated rings. The molecule has 0 aliphatic rings. The van der Waals surface area contributed by atoms with Crippen LogP contribution in [0.25, 0.3) is 0 Å². The molecule has 1 heterocycles. The quantitative estimate of drug-likeness (QED) is 0.478. The van der Waals surface area contributed by atoms with Gasteiger partial charge in [0.2, 0.25) is 0 Å². The summed E-state index contributed by atoms with van der Waals surface area (Å²) in [4.78, 5) is 31.9. The Bertz CT molecular complexity index is 828. The number of rotatable bonds is 6. The van der Waals surface area contributed by atoms with Crippen LogP contribution in [-0.2, 0) is 11.3 Å². The monoisotopic (exact) mass is 332 g/mol. The SMILES string of the molecule is C/C(=N\NC(=O)Cn1cc([N+](=O)[O-])cn1)c1cccc([N+](=O)[O-])c1. The Kier molecular flexibility index (Phi) is 4.94. The van der Waals surface area contributed by atoms with E-state index < -0.39 is 15.8 Å². The van der Waals surface area contributed by atoms with Crippen LogP contribution in [-0.4, -0.2) is 31.2 Å². The molecule has 11 nitrogen and oxygen atoms in total. The number of nitrogens with one attached hydrogen (secondary N) is 1. The fourth-order valence-corrected chi connectivity index (χ4v) is 1.77. The summed E-state index contributed by atoms with van der Waals surface area (Å²) in [6.07, 6.45) is 2.15. The largest absolute Gasteiger partial charge is 0.307 e. The van der Waals surface area contributed by atoms with E-state index >= 15 is 0 Å². The summed E-state index contributed by atoms with van der Waals surface area (Å²) in [5.74, 6) is -0.544. The Hall–Kier alpha value is -3.63. The zero-order valence-corrected chi connectivity index (χ0v) is 12.4. The maximum absolute atomic E-state index is 11.7. The van der Waals surface area contributed by atoms with Gasteiger partial charge < -0.3 is 0 Å². The molecule has 0 spiro atoms. The van der Waals surface area contributed by atoms with Crippen LogP contribution in [0.1, 0.15) is 12.5 Å². The van der Waals surface area contributed by atoms with Crippen molar-refractivity contribution in [3.63, 3.8) is 0 Å². The van der Waals surface area contributed by atoms with E-state index in [2.05, 4.69) is 15.6 Å². The number of carbonyl (C=O) groups excluding carboxylic acids is 1. The number of hydrogen-bond acceptors (Lipinski definition) is 7. The first-order valence-corrected chi connectivity index (χ1v) is 6.61. The van der Waals surface area contributed by atoms with Crippen LogP contribution in [0.15, 0.2) is 41.8 Å². The number of nitro groups is 2. The average Bonchev–Trinajstić information content (AvgIpc) is 3.01. The highest BCUT2D eigenvalue weighted by atomic mass is 16.6. The zero-order valence-electron chi connectivity index (χ0n) is 12.4. The van der Waals surface area contributed by atoms with Crippen molar-refractivity contribution >= 4 is 23.0 Å². The molecule has 2 rings (SSSR count). The van der Waals surface area contributed by atoms with Crippen LogP contribution in [0.3, 0.4) is 0 Å². The third-order valence-electron chi connectivity index (χ3n) is 2.96. The van der Waals surface area contributed by atoms with Crippen LogP contribution in [0.4, 0.5) is 11.4 Å². The standard InChI is InChI=1S/C13H12N6O5/c1-9(10-3-2-4-11(5-10)18(21)22)15-16-13(20)8-17-7-12(6-14-17)19(23)24/h2-7H,8H2,1H3,(H,16,20)/b15-9+. The van der Waals surface area contributed by atoms with Crippen LogP contribution >= 0.6 is 0 Å². The number of benzene rings is 1. The van der Waals surface area contributed by atoms with Gasteiger partial charge in [-0.2, -0.15) is 10.2 Å². The number of non-ortho nitro benzene ring substituents is 1. The van der Waals surface area contributed by atoms with Gasteiger partial charge in [0.05, 0.1) is 15.6 Å². The molecule has 1 aromatic carbocycles. The summed E-state index contributed by atoms with van der Waals surface area (Å²) >= 11 is 0. The Balaban J connectivity index is 2.00. The van der Waals surface area contributed by atoms with Gasteiger partial charge in [-0.05, 0) is 6.92 Å². The van der Waals surface area contributed by atoms with E-state index in [0.717, 1.165) is 17.1 Å². The van der Waals surface area contributed by atoms with Gasteiger partial charge in [0, 0.05) is 17.7 Å². The highest BCUT2D eigenvalue weighted by molar-refractivity contribution is 5.99. The molecule has 0 radical (unpaired) electrons. The smallest absolute Gasteiger partial charge is 0.271 e. The Morgan fingerprint density at radius 3 is 2.62 bits per heavy atom. The first-order chi connectivity index (χ1) is 11.4. The van der Waals surface area contributed by atoms with E-state index in [9.17, 15) is 25.0 Å². The summed E-state index contributed by atoms with van der Waals surface area (Å²) in [6, 6.07) is 5.81. The highest BCUT2D eigenvalue weighted by Gasteiger charge is 2.11. The number of carbonyl (C=O) groups is 1. The first kappa shape index (κ1) is 16.7. The Morgan fingerprint density at radius 2 is 2.00 bits per heavy atom. The molecule has 0 atom stereocenters. The molecule has 124 valence electrons. The maximum Gasteiger partial charge on any atom is 0.307 e. The summed E-state index contributed by atoms with van der Waals surface area (Å²) in [6.45, 7) is 1.33. The minimum atomic E-state index is -0.619. The van der Waals surface area contributed by atoms with Crippen LogP contribution < -0.4 is 5.43 Å². The summed E-state index contributed by atoms with van der Waals surface area (Å²) < 4.78 is 1.10. The maximum atomic E-state index is 11.7. The fraction of sp³-hybridized carbons (Fsp3) is 0.154. The molecule has 11 heteroatoms. The molecule has 2 aromatic rings. The minimum Gasteiger partial charge on any atom is -0.271 e. The second-order valence-electron chi connectivity index (χ2n) is 4.69. The van der Waals surface area contributed by atoms with Crippen molar-refractivity contribution in [2.45, 2.75) is 13.5 Å². The summed E-state index contributed by atoms with van der Waals surface area (Å²) in [5.41, 5.74) is 2.82. The van der Waals surface area contributed by atoms with Crippen molar-refractivity contribution in [3.8, 4) is 0 Å². The molecule has 1 amide bonds. The van der Waals surface area contributed by atoms with Crippen molar-refractivity contribution in [1.82, 2.24) is 15.2 Å². The van der Waals surface area contributed by atoms with Gasteiger partial charge in [-0.3, -0.25) is 29.7 Å². The van der Waals surface area contributed by atoms with E-state index in [4.69, 9.17) is 0 Å². The van der Waals surface area contributed by atoms with E-state index in [0.29, 0.717) is 11.3 Å². The normalized spacial score (nSPS) is 11.1. The van der Waals surface area contributed by atoms with Crippen molar-refractivity contribution < 1.29 is 14.6 Å². The number of nitro benzene ring substituents is 1. The number of hydrogen-bond donors (Lipinski definition) is 1. The third-order valence-corrected chi connectivity index (χ3v) is 2.96. The molecule has 0 bridgehead atoms. The predicted molar refractivity (Wildman–Crippen MR) is 82.3 cm³/mol. The predicted octanol–water partition coefficient (Wildman–Crippen LogP) is 1.24. The molecule has 0 aliphatic carbocycles. The van der Waals surface area contributed by atoms with Crippen molar-refractivity contribution in [2.75, 3.05) is 0 Å². The molecular formula is C13H12N6O5. The van der Waals surface area contributed by atoms with E-state index in [1.54, 1.807) is 13.0 Å². The first-order valence-electron chi connectivity index (χ1n) is 6.61. The van der Waals surface area contributed by atoms with Crippen molar-refractivity contribution in [1.29, 1.82) is 0 Å². The van der Waals surface area contributed by atoms with Crippen molar-refractivity contribution in [2.24, 2.45) is 5.10 Å². The Morgan fingerprint density at radius 1 is 1.29 bits per heavy atom. The van der Waals surface area contributed by atoms with Gasteiger partial charge >= 0.3 is 5.69 Å². The molecule has 0 unspecified atom stereocenters. The van der Waals surface area contributed by atoms with Gasteiger partial charge in [0.1, 0.15) is 18.9 Å². The second kappa shape index (κ2) is 7.09. The molecule has 0 aliphatic heterocycles. The lowest BCUT2D eigenvalue weighted by Gasteiger charge is -2.03. The Labute approximate surface area is 134 Å². The van der Waals surface area contributed by atoms with Gasteiger partial charge in [-0.15, -0.1) is 0 Å². The highest BCUT2D eigenvalue weighted by Crippen LogP contribution is 2.13. The number of amides is 1. The van der Waals surface area contributed by atoms with E-state index in [1.165, 1.54) is 18.2 Å². The lowest BCUT2D eigenvalue weighted by molar-refractivity contribution is -0.385. The van der Waals surface area contributed by atoms with E-state index in [1.807, 2.05) is 0 Å². The van der Waals surface area contributed by atoms with Crippen LogP contribution in [0.2, 0.25) is 0 Å². The van der Waals surface area contributed by atoms with Gasteiger partial charge in [-0.25, -0.2) is 5.43 Å². The molecule has 0 saturated carbocycles. The molecule has 1 aromatic heterocycles. The molecular weight excluding hydrogens is 320 g/mol. The molecule has 0 saturated heterocycles. The topological polar surface area (TPSA) is 146 Å². The lowest BCUT2D eigenvalue weighted by atomic mass is 10.1. The minimum absolute atomic E-state index is 0.0859. The zero-order chi connectivity index (χ0) is 17.7. The molecule has 1 N–H and O–H groups in total. The fourth-order valence-electron chi connectivity index (χ4n) is 1.77. The van der Waals surface area contributed by atoms with Gasteiger partial charge in [-0.1, -0.05) is 12.1 Å². The van der Waals surface area contributed by atoms with Gasteiger partial charge in [0.15, 0.2) is 0 Å². The third kappa shape index (κ3) is 4.19. The number of nitrogens with zero attached hydrogens (tertiary/aromatic N) is 5. The van der Waals surface area contributed by atoms with Crippen LogP contribution in [0.5, 0.6) is 0 Å². The average molecular weight is 332 g/mol. The molecule has 24 heavy (non-hydrogen) atoms. The number of aromatic nitrogens is 2.